The highest BCUT2D eigenvalue weighted by Gasteiger charge is 2.28. The fraction of sp³-hybridized carbons (Fsp3) is 0.500. The highest BCUT2D eigenvalue weighted by atomic mass is 16.6. The van der Waals surface area contributed by atoms with Gasteiger partial charge in [0.15, 0.2) is 0 Å². The first kappa shape index (κ1) is 14.5. The number of carbonyl (C=O) groups is 1. The summed E-state index contributed by atoms with van der Waals surface area (Å²) in [5.74, 6) is -0.485. The van der Waals surface area contributed by atoms with Gasteiger partial charge in [0.1, 0.15) is 5.56 Å². The molecule has 1 aliphatic carbocycles. The lowest BCUT2D eigenvalue weighted by Crippen LogP contribution is -2.45. The minimum absolute atomic E-state index is 0.0790. The predicted molar refractivity (Wildman–Crippen MR) is 73.6 cm³/mol. The fourth-order valence-electron chi connectivity index (χ4n) is 2.62. The van der Waals surface area contributed by atoms with E-state index in [1.54, 1.807) is 19.1 Å². The van der Waals surface area contributed by atoms with Gasteiger partial charge in [0.25, 0.3) is 11.6 Å². The minimum Gasteiger partial charge on any atom is -0.391 e. The lowest BCUT2D eigenvalue weighted by molar-refractivity contribution is -0.385. The van der Waals surface area contributed by atoms with Gasteiger partial charge in [0.05, 0.1) is 17.1 Å². The number of aryl methyl sites for hydroxylation is 1. The lowest BCUT2D eigenvalue weighted by atomic mass is 9.92. The summed E-state index contributed by atoms with van der Waals surface area (Å²) in [5.41, 5.74) is 0.435. The molecule has 0 aromatic heterocycles. The molecule has 0 heterocycles. The fourth-order valence-corrected chi connectivity index (χ4v) is 2.62. The summed E-state index contributed by atoms with van der Waals surface area (Å²) in [4.78, 5) is 22.7. The quantitative estimate of drug-likeness (QED) is 0.652. The van der Waals surface area contributed by atoms with E-state index < -0.39 is 16.9 Å². The molecule has 0 unspecified atom stereocenters. The maximum Gasteiger partial charge on any atom is 0.282 e. The Morgan fingerprint density at radius 1 is 1.40 bits per heavy atom. The van der Waals surface area contributed by atoms with Crippen molar-refractivity contribution in [1.82, 2.24) is 5.32 Å². The second-order valence-corrected chi connectivity index (χ2v) is 5.16. The predicted octanol–water partition coefficient (Wildman–Crippen LogP) is 1.94. The van der Waals surface area contributed by atoms with Crippen LogP contribution >= 0.6 is 0 Å². The number of aliphatic hydroxyl groups excluding tert-OH is 1. The molecule has 1 saturated carbocycles. The molecule has 0 bridgehead atoms. The van der Waals surface area contributed by atoms with E-state index in [0.29, 0.717) is 18.4 Å². The van der Waals surface area contributed by atoms with Gasteiger partial charge in [-0.2, -0.15) is 0 Å². The molecule has 6 nitrogen and oxygen atoms in total. The Kier molecular flexibility index (Phi) is 4.34. The summed E-state index contributed by atoms with van der Waals surface area (Å²) >= 11 is 0. The van der Waals surface area contributed by atoms with Gasteiger partial charge in [-0.05, 0) is 25.3 Å². The molecule has 2 N–H and O–H groups in total. The third kappa shape index (κ3) is 2.96. The lowest BCUT2D eigenvalue weighted by Gasteiger charge is -2.28. The van der Waals surface area contributed by atoms with Crippen molar-refractivity contribution in [3.8, 4) is 0 Å². The van der Waals surface area contributed by atoms with Gasteiger partial charge in [-0.3, -0.25) is 14.9 Å². The van der Waals surface area contributed by atoms with Crippen molar-refractivity contribution in [2.75, 3.05) is 0 Å². The van der Waals surface area contributed by atoms with Crippen molar-refractivity contribution in [1.29, 1.82) is 0 Å². The maximum absolute atomic E-state index is 12.3. The van der Waals surface area contributed by atoms with E-state index in [0.717, 1.165) is 12.8 Å². The number of nitrogens with zero attached hydrogens (tertiary/aromatic N) is 1. The molecule has 2 rings (SSSR count). The molecule has 1 aromatic rings. The van der Waals surface area contributed by atoms with E-state index in [1.165, 1.54) is 6.07 Å². The van der Waals surface area contributed by atoms with Crippen LogP contribution in [0.1, 0.15) is 41.6 Å². The zero-order chi connectivity index (χ0) is 14.7. The normalized spacial score (nSPS) is 22.3. The second kappa shape index (κ2) is 6.00. The molecule has 1 amide bonds. The molecule has 1 aromatic carbocycles. The van der Waals surface area contributed by atoms with Crippen LogP contribution < -0.4 is 5.32 Å². The number of hydrogen-bond donors (Lipinski definition) is 2. The Morgan fingerprint density at radius 2 is 2.10 bits per heavy atom. The Labute approximate surface area is 117 Å². The third-order valence-electron chi connectivity index (χ3n) is 3.72. The number of rotatable bonds is 3. The van der Waals surface area contributed by atoms with Gasteiger partial charge in [0.2, 0.25) is 0 Å². The number of nitrogens with one attached hydrogen (secondary N) is 1. The van der Waals surface area contributed by atoms with Crippen LogP contribution in [0.2, 0.25) is 0 Å². The van der Waals surface area contributed by atoms with Crippen LogP contribution in [-0.4, -0.2) is 28.1 Å². The number of benzene rings is 1. The maximum atomic E-state index is 12.3. The van der Waals surface area contributed by atoms with Crippen LogP contribution in [-0.2, 0) is 0 Å². The molecule has 1 fully saturated rings. The van der Waals surface area contributed by atoms with Crippen molar-refractivity contribution in [3.63, 3.8) is 0 Å². The zero-order valence-electron chi connectivity index (χ0n) is 11.3. The minimum atomic E-state index is -0.573. The number of nitro benzene ring substituents is 1. The summed E-state index contributed by atoms with van der Waals surface area (Å²) < 4.78 is 0. The van der Waals surface area contributed by atoms with Crippen molar-refractivity contribution >= 4 is 11.6 Å². The molecule has 2 atom stereocenters. The molecule has 0 saturated heterocycles. The highest BCUT2D eigenvalue weighted by Crippen LogP contribution is 2.23. The number of nitro groups is 1. The first-order valence-electron chi connectivity index (χ1n) is 6.73. The Morgan fingerprint density at radius 3 is 2.75 bits per heavy atom. The molecule has 0 radical (unpaired) electrons. The molecule has 0 spiro atoms. The van der Waals surface area contributed by atoms with Gasteiger partial charge in [-0.15, -0.1) is 0 Å². The Balaban J connectivity index is 2.23. The number of hydrogen-bond acceptors (Lipinski definition) is 4. The zero-order valence-corrected chi connectivity index (χ0v) is 11.3. The molecular formula is C14H18N2O4. The van der Waals surface area contributed by atoms with E-state index in [9.17, 15) is 20.0 Å². The second-order valence-electron chi connectivity index (χ2n) is 5.16. The summed E-state index contributed by atoms with van der Waals surface area (Å²) in [6.07, 6.45) is 2.67. The van der Waals surface area contributed by atoms with Crippen molar-refractivity contribution in [2.45, 2.75) is 44.8 Å². The van der Waals surface area contributed by atoms with Gasteiger partial charge in [-0.25, -0.2) is 0 Å². The molecule has 1 aliphatic rings. The molecule has 20 heavy (non-hydrogen) atoms. The summed E-state index contributed by atoms with van der Waals surface area (Å²) in [6.45, 7) is 1.67. The van der Waals surface area contributed by atoms with Crippen molar-refractivity contribution in [2.24, 2.45) is 0 Å². The third-order valence-corrected chi connectivity index (χ3v) is 3.72. The monoisotopic (exact) mass is 278 g/mol. The smallest absolute Gasteiger partial charge is 0.282 e. The topological polar surface area (TPSA) is 92.5 Å². The van der Waals surface area contributed by atoms with Crippen LogP contribution in [0.25, 0.3) is 0 Å². The standard InChI is InChI=1S/C14H18N2O4/c1-9-5-4-7-11(16(19)20)13(9)14(18)15-10-6-2-3-8-12(10)17/h4-5,7,10,12,17H,2-3,6,8H2,1H3,(H,15,18)/t10-,12-/m0/s1. The highest BCUT2D eigenvalue weighted by molar-refractivity contribution is 5.99. The molecule has 6 heteroatoms. The Bertz CT molecular complexity index is 530. The summed E-state index contributed by atoms with van der Waals surface area (Å²) in [7, 11) is 0. The van der Waals surface area contributed by atoms with E-state index >= 15 is 0 Å². The van der Waals surface area contributed by atoms with E-state index in [1.807, 2.05) is 0 Å². The SMILES string of the molecule is Cc1cccc([N+](=O)[O-])c1C(=O)N[C@H]1CCCC[C@@H]1O. The van der Waals surface area contributed by atoms with Gasteiger partial charge in [-0.1, -0.05) is 25.0 Å². The van der Waals surface area contributed by atoms with Gasteiger partial charge < -0.3 is 10.4 Å². The molecule has 0 aliphatic heterocycles. The van der Waals surface area contributed by atoms with Crippen molar-refractivity contribution in [3.05, 3.63) is 39.4 Å². The first-order chi connectivity index (χ1) is 9.50. The average Bonchev–Trinajstić information content (AvgIpc) is 2.40. The van der Waals surface area contributed by atoms with Gasteiger partial charge >= 0.3 is 0 Å². The van der Waals surface area contributed by atoms with E-state index in [-0.39, 0.29) is 17.3 Å². The van der Waals surface area contributed by atoms with Crippen LogP contribution in [0.15, 0.2) is 18.2 Å². The summed E-state index contributed by atoms with van der Waals surface area (Å²) in [5, 5.41) is 23.6. The van der Waals surface area contributed by atoms with Crippen LogP contribution in [0, 0.1) is 17.0 Å². The molecule has 108 valence electrons. The Hall–Kier alpha value is -1.95. The molecular weight excluding hydrogens is 260 g/mol. The van der Waals surface area contributed by atoms with Crippen LogP contribution in [0.5, 0.6) is 0 Å². The number of amides is 1. The summed E-state index contributed by atoms with van der Waals surface area (Å²) in [6, 6.07) is 4.22. The van der Waals surface area contributed by atoms with Crippen molar-refractivity contribution < 1.29 is 14.8 Å². The first-order valence-corrected chi connectivity index (χ1v) is 6.73. The largest absolute Gasteiger partial charge is 0.391 e. The number of aliphatic hydroxyl groups is 1. The van der Waals surface area contributed by atoms with Crippen LogP contribution in [0.3, 0.4) is 0 Å². The number of carbonyl (C=O) groups excluding carboxylic acids is 1. The average molecular weight is 278 g/mol. The van der Waals surface area contributed by atoms with E-state index in [4.69, 9.17) is 0 Å². The van der Waals surface area contributed by atoms with E-state index in [2.05, 4.69) is 5.32 Å². The van der Waals surface area contributed by atoms with Crippen LogP contribution in [0.4, 0.5) is 5.69 Å². The van der Waals surface area contributed by atoms with Gasteiger partial charge in [0, 0.05) is 6.07 Å².